The van der Waals surface area contributed by atoms with Crippen molar-refractivity contribution in [3.8, 4) is 0 Å². The van der Waals surface area contributed by atoms with Crippen molar-refractivity contribution >= 4 is 67.8 Å². The zero-order valence-electron chi connectivity index (χ0n) is 14.1. The molecule has 0 spiro atoms. The molecule has 2 heterocycles. The molecular weight excluding hydrogens is 405 g/mol. The lowest BCUT2D eigenvalue weighted by Gasteiger charge is -2.29. The Bertz CT molecular complexity index is 1050. The summed E-state index contributed by atoms with van der Waals surface area (Å²) in [6.45, 7) is 1.54. The van der Waals surface area contributed by atoms with Crippen LogP contribution in [0.1, 0.15) is 9.67 Å². The van der Waals surface area contributed by atoms with E-state index in [1.807, 2.05) is 35.2 Å². The Morgan fingerprint density at radius 1 is 1.19 bits per heavy atom. The van der Waals surface area contributed by atoms with Crippen LogP contribution in [0.25, 0.3) is 10.1 Å². The van der Waals surface area contributed by atoms with Crippen molar-refractivity contribution in [1.82, 2.24) is 5.32 Å². The van der Waals surface area contributed by atoms with Crippen LogP contribution in [-0.4, -0.2) is 31.4 Å². The third-order valence-electron chi connectivity index (χ3n) is 4.33. The molecule has 27 heavy (non-hydrogen) atoms. The van der Waals surface area contributed by atoms with E-state index in [-0.39, 0.29) is 18.4 Å². The molecule has 1 aliphatic rings. The average molecular weight is 420 g/mol. The maximum absolute atomic E-state index is 12.7. The van der Waals surface area contributed by atoms with Crippen molar-refractivity contribution in [2.75, 3.05) is 29.9 Å². The summed E-state index contributed by atoms with van der Waals surface area (Å²) in [5, 5.41) is 7.42. The number of thiophene rings is 1. The highest BCUT2D eigenvalue weighted by atomic mass is 35.5. The van der Waals surface area contributed by atoms with Crippen LogP contribution in [0.3, 0.4) is 0 Å². The van der Waals surface area contributed by atoms with Gasteiger partial charge >= 0.3 is 0 Å². The SMILES string of the molecule is O=C1CN(c2ccc(NC(=O)c3sc4ccccc4c3Cl)cc2Cl)CCN1. The molecule has 0 unspecified atom stereocenters. The fourth-order valence-corrected chi connectivity index (χ4v) is 4.75. The standard InChI is InChI=1S/C19H15Cl2N3O2S/c20-13-9-11(5-6-14(13)24-8-7-22-16(25)10-24)23-19(26)18-17(21)12-3-1-2-4-15(12)27-18/h1-6,9H,7-8,10H2,(H,22,25)(H,23,26). The molecule has 3 aromatic rings. The number of hydrogen-bond acceptors (Lipinski definition) is 4. The molecule has 2 N–H and O–H groups in total. The average Bonchev–Trinajstić information content (AvgIpc) is 2.99. The number of carbonyl (C=O) groups excluding carboxylic acids is 2. The number of amides is 2. The smallest absolute Gasteiger partial charge is 0.267 e. The first-order valence-corrected chi connectivity index (χ1v) is 9.90. The van der Waals surface area contributed by atoms with Gasteiger partial charge in [0.25, 0.3) is 5.91 Å². The fraction of sp³-hybridized carbons (Fsp3) is 0.158. The Kier molecular flexibility index (Phi) is 4.95. The van der Waals surface area contributed by atoms with E-state index in [1.165, 1.54) is 11.3 Å². The zero-order chi connectivity index (χ0) is 19.0. The van der Waals surface area contributed by atoms with Gasteiger partial charge in [-0.05, 0) is 24.3 Å². The number of anilines is 2. The van der Waals surface area contributed by atoms with E-state index < -0.39 is 0 Å². The third kappa shape index (κ3) is 3.60. The number of fused-ring (bicyclic) bond motifs is 1. The van der Waals surface area contributed by atoms with Gasteiger partial charge in [0.2, 0.25) is 5.91 Å². The monoisotopic (exact) mass is 419 g/mol. The number of piperazine rings is 1. The Balaban J connectivity index is 1.55. The third-order valence-corrected chi connectivity index (χ3v) is 6.30. The van der Waals surface area contributed by atoms with Gasteiger partial charge in [0.1, 0.15) is 4.88 Å². The van der Waals surface area contributed by atoms with E-state index in [9.17, 15) is 9.59 Å². The van der Waals surface area contributed by atoms with Crippen LogP contribution in [0.5, 0.6) is 0 Å². The summed E-state index contributed by atoms with van der Waals surface area (Å²) in [5.74, 6) is -0.309. The molecule has 0 saturated carbocycles. The predicted octanol–water partition coefficient (Wildman–Crippen LogP) is 4.40. The number of rotatable bonds is 3. The maximum atomic E-state index is 12.7. The normalized spacial score (nSPS) is 14.3. The molecule has 8 heteroatoms. The summed E-state index contributed by atoms with van der Waals surface area (Å²) in [6.07, 6.45) is 0. The number of halogens is 2. The molecule has 2 amide bonds. The van der Waals surface area contributed by atoms with Crippen molar-refractivity contribution in [1.29, 1.82) is 0 Å². The summed E-state index contributed by atoms with van der Waals surface area (Å²) in [5.41, 5.74) is 1.34. The summed E-state index contributed by atoms with van der Waals surface area (Å²) in [6, 6.07) is 12.9. The van der Waals surface area contributed by atoms with E-state index in [1.54, 1.807) is 12.1 Å². The minimum atomic E-state index is -0.276. The topological polar surface area (TPSA) is 61.4 Å². The molecule has 5 nitrogen and oxygen atoms in total. The van der Waals surface area contributed by atoms with Crippen molar-refractivity contribution in [3.63, 3.8) is 0 Å². The van der Waals surface area contributed by atoms with Gasteiger partial charge in [-0.3, -0.25) is 9.59 Å². The van der Waals surface area contributed by atoms with Gasteiger partial charge in [-0.25, -0.2) is 0 Å². The van der Waals surface area contributed by atoms with E-state index in [0.717, 1.165) is 15.8 Å². The van der Waals surface area contributed by atoms with Gasteiger partial charge in [-0.15, -0.1) is 11.3 Å². The second kappa shape index (κ2) is 7.38. The molecule has 4 rings (SSSR count). The molecule has 1 fully saturated rings. The highest BCUT2D eigenvalue weighted by molar-refractivity contribution is 7.21. The number of benzene rings is 2. The predicted molar refractivity (Wildman–Crippen MR) is 111 cm³/mol. The highest BCUT2D eigenvalue weighted by Gasteiger charge is 2.20. The summed E-state index contributed by atoms with van der Waals surface area (Å²) < 4.78 is 0.962. The van der Waals surface area contributed by atoms with Crippen molar-refractivity contribution in [2.45, 2.75) is 0 Å². The Hall–Kier alpha value is -2.28. The Morgan fingerprint density at radius 2 is 2.00 bits per heavy atom. The molecule has 138 valence electrons. The lowest BCUT2D eigenvalue weighted by atomic mass is 10.2. The van der Waals surface area contributed by atoms with Crippen LogP contribution in [0.15, 0.2) is 42.5 Å². The van der Waals surface area contributed by atoms with Gasteiger partial charge in [0.05, 0.1) is 22.3 Å². The van der Waals surface area contributed by atoms with Gasteiger partial charge in [0.15, 0.2) is 0 Å². The fourth-order valence-electron chi connectivity index (χ4n) is 3.03. The van der Waals surface area contributed by atoms with Crippen LogP contribution < -0.4 is 15.5 Å². The highest BCUT2D eigenvalue weighted by Crippen LogP contribution is 2.36. The van der Waals surface area contributed by atoms with Crippen molar-refractivity contribution < 1.29 is 9.59 Å². The summed E-state index contributed by atoms with van der Waals surface area (Å²) in [4.78, 5) is 26.6. The Morgan fingerprint density at radius 3 is 2.74 bits per heavy atom. The number of carbonyl (C=O) groups is 2. The second-order valence-electron chi connectivity index (χ2n) is 6.13. The first kappa shape index (κ1) is 18.1. The molecule has 1 aliphatic heterocycles. The summed E-state index contributed by atoms with van der Waals surface area (Å²) >= 11 is 14.1. The first-order valence-electron chi connectivity index (χ1n) is 8.32. The van der Waals surface area contributed by atoms with E-state index in [2.05, 4.69) is 10.6 Å². The maximum Gasteiger partial charge on any atom is 0.267 e. The van der Waals surface area contributed by atoms with E-state index in [4.69, 9.17) is 23.2 Å². The van der Waals surface area contributed by atoms with Gasteiger partial charge in [-0.1, -0.05) is 41.4 Å². The zero-order valence-corrected chi connectivity index (χ0v) is 16.4. The van der Waals surface area contributed by atoms with Gasteiger partial charge in [-0.2, -0.15) is 0 Å². The van der Waals surface area contributed by atoms with Crippen LogP contribution in [0.2, 0.25) is 10.0 Å². The number of nitrogens with one attached hydrogen (secondary N) is 2. The molecule has 0 atom stereocenters. The van der Waals surface area contributed by atoms with Crippen LogP contribution in [0, 0.1) is 0 Å². The molecular formula is C19H15Cl2N3O2S. The van der Waals surface area contributed by atoms with Crippen LogP contribution in [0.4, 0.5) is 11.4 Å². The molecule has 1 aromatic heterocycles. The lowest BCUT2D eigenvalue weighted by molar-refractivity contribution is -0.120. The number of nitrogens with zero attached hydrogens (tertiary/aromatic N) is 1. The minimum absolute atomic E-state index is 0.0332. The molecule has 0 aliphatic carbocycles. The second-order valence-corrected chi connectivity index (χ2v) is 7.97. The molecule has 1 saturated heterocycles. The molecule has 0 radical (unpaired) electrons. The van der Waals surface area contributed by atoms with Crippen molar-refractivity contribution in [3.05, 3.63) is 57.4 Å². The lowest BCUT2D eigenvalue weighted by Crippen LogP contribution is -2.47. The first-order chi connectivity index (χ1) is 13.0. The molecule has 0 bridgehead atoms. The van der Waals surface area contributed by atoms with Crippen molar-refractivity contribution in [2.24, 2.45) is 0 Å². The van der Waals surface area contributed by atoms with Crippen LogP contribution in [-0.2, 0) is 4.79 Å². The van der Waals surface area contributed by atoms with Crippen LogP contribution >= 0.6 is 34.5 Å². The van der Waals surface area contributed by atoms with Gasteiger partial charge in [0, 0.05) is 28.9 Å². The van der Waals surface area contributed by atoms with Gasteiger partial charge < -0.3 is 15.5 Å². The van der Waals surface area contributed by atoms with E-state index >= 15 is 0 Å². The van der Waals surface area contributed by atoms with E-state index in [0.29, 0.717) is 33.7 Å². The minimum Gasteiger partial charge on any atom is -0.359 e. The number of hydrogen-bond donors (Lipinski definition) is 2. The Labute approximate surface area is 169 Å². The quantitative estimate of drug-likeness (QED) is 0.661. The molecule has 2 aromatic carbocycles. The largest absolute Gasteiger partial charge is 0.359 e. The summed E-state index contributed by atoms with van der Waals surface area (Å²) in [7, 11) is 0.